The highest BCUT2D eigenvalue weighted by Crippen LogP contribution is 2.36. The van der Waals surface area contributed by atoms with Crippen LogP contribution < -0.4 is 4.90 Å². The van der Waals surface area contributed by atoms with E-state index in [0.29, 0.717) is 4.47 Å². The highest BCUT2D eigenvalue weighted by Gasteiger charge is 2.33. The van der Waals surface area contributed by atoms with Crippen LogP contribution in [-0.4, -0.2) is 19.2 Å². The fraction of sp³-hybridized carbons (Fsp3) is 0.300. The predicted molar refractivity (Wildman–Crippen MR) is 57.8 cm³/mol. The number of amides is 1. The summed E-state index contributed by atoms with van der Waals surface area (Å²) in [5.74, 6) is 0. The molecular formula is C10H7BrF3NO2. The van der Waals surface area contributed by atoms with Crippen molar-refractivity contribution in [3.8, 4) is 0 Å². The number of ether oxygens (including phenoxy) is 1. The van der Waals surface area contributed by atoms with Crippen molar-refractivity contribution in [3.05, 3.63) is 28.2 Å². The summed E-state index contributed by atoms with van der Waals surface area (Å²) in [6.45, 7) is 0.431. The van der Waals surface area contributed by atoms with Gasteiger partial charge in [0.15, 0.2) is 0 Å². The van der Waals surface area contributed by atoms with E-state index >= 15 is 0 Å². The third-order valence-electron chi connectivity index (χ3n) is 2.33. The first-order valence-corrected chi connectivity index (χ1v) is 5.50. The standard InChI is InChI=1S/C10H7BrF3NO2/c11-7-2-1-6(10(12,13)14)5-8(7)15-3-4-17-9(15)16/h1-2,5H,3-4H2. The van der Waals surface area contributed by atoms with Crippen LogP contribution in [0.25, 0.3) is 0 Å². The highest BCUT2D eigenvalue weighted by molar-refractivity contribution is 9.10. The van der Waals surface area contributed by atoms with Gasteiger partial charge in [0, 0.05) is 4.47 Å². The van der Waals surface area contributed by atoms with Crippen LogP contribution in [0.15, 0.2) is 22.7 Å². The Hall–Kier alpha value is -1.24. The molecule has 0 N–H and O–H groups in total. The molecular weight excluding hydrogens is 303 g/mol. The average Bonchev–Trinajstić information content (AvgIpc) is 2.63. The van der Waals surface area contributed by atoms with Gasteiger partial charge in [0.25, 0.3) is 0 Å². The molecule has 3 nitrogen and oxygen atoms in total. The third-order valence-corrected chi connectivity index (χ3v) is 3.00. The number of nitrogens with zero attached hydrogens (tertiary/aromatic N) is 1. The molecule has 1 aromatic carbocycles. The first-order chi connectivity index (χ1) is 7.89. The van der Waals surface area contributed by atoms with Gasteiger partial charge in [-0.05, 0) is 34.1 Å². The number of carbonyl (C=O) groups excluding carboxylic acids is 1. The van der Waals surface area contributed by atoms with Gasteiger partial charge in [-0.3, -0.25) is 4.90 Å². The Labute approximate surface area is 103 Å². The second kappa shape index (κ2) is 4.21. The smallest absolute Gasteiger partial charge is 0.416 e. The van der Waals surface area contributed by atoms with E-state index in [-0.39, 0.29) is 18.8 Å². The molecule has 0 aromatic heterocycles. The van der Waals surface area contributed by atoms with Crippen molar-refractivity contribution in [2.24, 2.45) is 0 Å². The summed E-state index contributed by atoms with van der Waals surface area (Å²) in [7, 11) is 0. The fourth-order valence-electron chi connectivity index (χ4n) is 1.51. The van der Waals surface area contributed by atoms with Gasteiger partial charge in [-0.2, -0.15) is 13.2 Å². The number of hydrogen-bond donors (Lipinski definition) is 0. The Kier molecular flexibility index (Phi) is 3.03. The lowest BCUT2D eigenvalue weighted by molar-refractivity contribution is -0.137. The van der Waals surface area contributed by atoms with E-state index in [2.05, 4.69) is 20.7 Å². The van der Waals surface area contributed by atoms with Gasteiger partial charge in [0.05, 0.1) is 17.8 Å². The number of carbonyl (C=O) groups is 1. The zero-order chi connectivity index (χ0) is 12.6. The lowest BCUT2D eigenvalue weighted by atomic mass is 10.2. The maximum absolute atomic E-state index is 12.5. The first-order valence-electron chi connectivity index (χ1n) is 4.70. The van der Waals surface area contributed by atoms with E-state index in [1.54, 1.807) is 0 Å². The quantitative estimate of drug-likeness (QED) is 0.795. The van der Waals surface area contributed by atoms with Crippen molar-refractivity contribution in [3.63, 3.8) is 0 Å². The minimum absolute atomic E-state index is 0.169. The van der Waals surface area contributed by atoms with Crippen LogP contribution in [-0.2, 0) is 10.9 Å². The SMILES string of the molecule is O=C1OCCN1c1cc(C(F)(F)F)ccc1Br. The van der Waals surface area contributed by atoms with Gasteiger partial charge in [-0.25, -0.2) is 4.79 Å². The third kappa shape index (κ3) is 2.38. The molecule has 1 saturated heterocycles. The van der Waals surface area contributed by atoms with E-state index < -0.39 is 17.8 Å². The molecule has 1 amide bonds. The van der Waals surface area contributed by atoms with Crippen LogP contribution in [0.2, 0.25) is 0 Å². The fourth-order valence-corrected chi connectivity index (χ4v) is 1.97. The summed E-state index contributed by atoms with van der Waals surface area (Å²) < 4.78 is 42.7. The van der Waals surface area contributed by atoms with Crippen LogP contribution in [0, 0.1) is 0 Å². The lowest BCUT2D eigenvalue weighted by Gasteiger charge is -2.16. The molecule has 7 heteroatoms. The molecule has 1 aliphatic rings. The van der Waals surface area contributed by atoms with Crippen LogP contribution in [0.3, 0.4) is 0 Å². The molecule has 1 heterocycles. The number of hydrogen-bond acceptors (Lipinski definition) is 2. The van der Waals surface area contributed by atoms with Gasteiger partial charge < -0.3 is 4.74 Å². The van der Waals surface area contributed by atoms with Crippen molar-refractivity contribution in [2.75, 3.05) is 18.1 Å². The van der Waals surface area contributed by atoms with Crippen LogP contribution in [0.5, 0.6) is 0 Å². The minimum atomic E-state index is -4.43. The number of anilines is 1. The zero-order valence-corrected chi connectivity index (χ0v) is 10.0. The maximum atomic E-state index is 12.5. The zero-order valence-electron chi connectivity index (χ0n) is 8.42. The number of halogens is 4. The van der Waals surface area contributed by atoms with Crippen LogP contribution in [0.1, 0.15) is 5.56 Å². The average molecular weight is 310 g/mol. The molecule has 0 saturated carbocycles. The van der Waals surface area contributed by atoms with Crippen LogP contribution >= 0.6 is 15.9 Å². The molecule has 0 spiro atoms. The van der Waals surface area contributed by atoms with Gasteiger partial charge in [-0.1, -0.05) is 0 Å². The molecule has 1 aliphatic heterocycles. The molecule has 0 radical (unpaired) electrons. The molecule has 0 aliphatic carbocycles. The van der Waals surface area contributed by atoms with Crippen molar-refractivity contribution < 1.29 is 22.7 Å². The van der Waals surface area contributed by atoms with Gasteiger partial charge in [-0.15, -0.1) is 0 Å². The summed E-state index contributed by atoms with van der Waals surface area (Å²) in [5.41, 5.74) is -0.627. The van der Waals surface area contributed by atoms with Crippen LogP contribution in [0.4, 0.5) is 23.7 Å². The number of rotatable bonds is 1. The molecule has 0 bridgehead atoms. The highest BCUT2D eigenvalue weighted by atomic mass is 79.9. The van der Waals surface area contributed by atoms with Crippen molar-refractivity contribution in [1.82, 2.24) is 0 Å². The lowest BCUT2D eigenvalue weighted by Crippen LogP contribution is -2.24. The Morgan fingerprint density at radius 1 is 1.35 bits per heavy atom. The number of cyclic esters (lactones) is 1. The molecule has 0 atom stereocenters. The minimum Gasteiger partial charge on any atom is -0.447 e. The van der Waals surface area contributed by atoms with Crippen molar-refractivity contribution >= 4 is 27.7 Å². The topological polar surface area (TPSA) is 29.5 Å². The van der Waals surface area contributed by atoms with Gasteiger partial charge in [0.2, 0.25) is 0 Å². The largest absolute Gasteiger partial charge is 0.447 e. The summed E-state index contributed by atoms with van der Waals surface area (Å²) in [5, 5.41) is 0. The maximum Gasteiger partial charge on any atom is 0.416 e. The van der Waals surface area contributed by atoms with Gasteiger partial charge in [0.1, 0.15) is 6.61 Å². The summed E-state index contributed by atoms with van der Waals surface area (Å²) >= 11 is 3.12. The number of alkyl halides is 3. The van der Waals surface area contributed by atoms with E-state index in [1.165, 1.54) is 11.0 Å². The summed E-state index contributed by atoms with van der Waals surface area (Å²) in [6.07, 6.45) is -5.07. The molecule has 0 unspecified atom stereocenters. The predicted octanol–water partition coefficient (Wildman–Crippen LogP) is 3.42. The monoisotopic (exact) mass is 309 g/mol. The van der Waals surface area contributed by atoms with E-state index in [9.17, 15) is 18.0 Å². The molecule has 2 rings (SSSR count). The summed E-state index contributed by atoms with van der Waals surface area (Å²) in [6, 6.07) is 3.15. The second-order valence-electron chi connectivity index (χ2n) is 3.43. The summed E-state index contributed by atoms with van der Waals surface area (Å²) in [4.78, 5) is 12.5. The van der Waals surface area contributed by atoms with E-state index in [4.69, 9.17) is 0 Å². The van der Waals surface area contributed by atoms with Gasteiger partial charge >= 0.3 is 12.3 Å². The van der Waals surface area contributed by atoms with E-state index in [0.717, 1.165) is 12.1 Å². The Balaban J connectivity index is 2.42. The second-order valence-corrected chi connectivity index (χ2v) is 4.28. The normalized spacial score (nSPS) is 16.2. The molecule has 17 heavy (non-hydrogen) atoms. The molecule has 92 valence electrons. The molecule has 1 aromatic rings. The van der Waals surface area contributed by atoms with E-state index in [1.807, 2.05) is 0 Å². The number of benzene rings is 1. The van der Waals surface area contributed by atoms with Crippen molar-refractivity contribution in [2.45, 2.75) is 6.18 Å². The first kappa shape index (κ1) is 12.2. The van der Waals surface area contributed by atoms with Crippen molar-refractivity contribution in [1.29, 1.82) is 0 Å². The Bertz CT molecular complexity index is 461. The Morgan fingerprint density at radius 2 is 2.06 bits per heavy atom. The molecule has 1 fully saturated rings. The Morgan fingerprint density at radius 3 is 2.59 bits per heavy atom.